The summed E-state index contributed by atoms with van der Waals surface area (Å²) in [5.41, 5.74) is 0.555. The number of aliphatic hydroxyl groups is 3. The van der Waals surface area contributed by atoms with Crippen LogP contribution >= 0.6 is 0 Å². The molecule has 5 rings (SSSR count). The molecule has 0 spiro atoms. The third-order valence-corrected chi connectivity index (χ3v) is 12.7. The molecule has 0 saturated heterocycles. The van der Waals surface area contributed by atoms with E-state index in [4.69, 9.17) is 0 Å². The average Bonchev–Trinajstić information content (AvgIpc) is 3.33. The molecule has 4 fully saturated rings. The molecule has 0 radical (unpaired) electrons. The molecule has 0 aromatic rings. The number of fused-ring (bicyclic) bond motifs is 5. The van der Waals surface area contributed by atoms with E-state index in [1.807, 2.05) is 0 Å². The highest BCUT2D eigenvalue weighted by atomic mass is 16.3. The molecule has 0 heterocycles. The summed E-state index contributed by atoms with van der Waals surface area (Å²) < 4.78 is 0. The van der Waals surface area contributed by atoms with Crippen LogP contribution in [0.4, 0.5) is 0 Å². The molecular weight excluding hydrogens is 424 g/mol. The third-order valence-electron chi connectivity index (χ3n) is 12.7. The number of hydrogen-bond acceptors (Lipinski definition) is 4. The highest BCUT2D eigenvalue weighted by Gasteiger charge is 2.67. The van der Waals surface area contributed by atoms with Gasteiger partial charge in [-0.1, -0.05) is 53.2 Å². The van der Waals surface area contributed by atoms with Crippen molar-refractivity contribution in [3.63, 3.8) is 0 Å². The van der Waals surface area contributed by atoms with Gasteiger partial charge in [0, 0.05) is 17.3 Å². The second-order valence-corrected chi connectivity index (χ2v) is 14.0. The summed E-state index contributed by atoms with van der Waals surface area (Å²) in [6.07, 6.45) is 7.56. The maximum Gasteiger partial charge on any atom is 0.126 e. The van der Waals surface area contributed by atoms with Crippen molar-refractivity contribution in [1.82, 2.24) is 0 Å². The van der Waals surface area contributed by atoms with Crippen molar-refractivity contribution in [3.05, 3.63) is 11.6 Å². The van der Waals surface area contributed by atoms with Gasteiger partial charge in [0.05, 0.1) is 18.3 Å². The minimum Gasteiger partial charge on any atom is -0.393 e. The molecule has 3 unspecified atom stereocenters. The van der Waals surface area contributed by atoms with Crippen LogP contribution in [0.1, 0.15) is 86.5 Å². The predicted octanol–water partition coefficient (Wildman–Crippen LogP) is 5.00. The van der Waals surface area contributed by atoms with Crippen LogP contribution in [-0.4, -0.2) is 39.9 Å². The molecular formula is C30H48O4. The van der Waals surface area contributed by atoms with E-state index < -0.39 is 29.1 Å². The highest BCUT2D eigenvalue weighted by molar-refractivity contribution is 5.62. The molecule has 0 aromatic carbocycles. The van der Waals surface area contributed by atoms with E-state index in [9.17, 15) is 20.1 Å². The maximum absolute atomic E-state index is 13.0. The lowest BCUT2D eigenvalue weighted by atomic mass is 9.45. The van der Waals surface area contributed by atoms with Crippen LogP contribution < -0.4 is 0 Å². The molecule has 5 aliphatic carbocycles. The van der Waals surface area contributed by atoms with Gasteiger partial charge < -0.3 is 20.1 Å². The van der Waals surface area contributed by atoms with Gasteiger partial charge in [0.2, 0.25) is 0 Å². The largest absolute Gasteiger partial charge is 0.393 e. The topological polar surface area (TPSA) is 77.8 Å². The highest BCUT2D eigenvalue weighted by Crippen LogP contribution is 2.70. The molecule has 0 aliphatic heterocycles. The Morgan fingerprint density at radius 3 is 2.38 bits per heavy atom. The van der Waals surface area contributed by atoms with Crippen molar-refractivity contribution in [3.8, 4) is 0 Å². The van der Waals surface area contributed by atoms with Crippen LogP contribution in [0.3, 0.4) is 0 Å². The van der Waals surface area contributed by atoms with Gasteiger partial charge in [-0.15, -0.1) is 0 Å². The smallest absolute Gasteiger partial charge is 0.126 e. The Kier molecular flexibility index (Phi) is 5.98. The Morgan fingerprint density at radius 2 is 1.74 bits per heavy atom. The predicted molar refractivity (Wildman–Crippen MR) is 134 cm³/mol. The second kappa shape index (κ2) is 8.15. The zero-order valence-electron chi connectivity index (χ0n) is 22.2. The number of allylic oxidation sites excluding steroid dienone is 1. The van der Waals surface area contributed by atoms with Gasteiger partial charge in [-0.25, -0.2) is 0 Å². The lowest BCUT2D eigenvalue weighted by Crippen LogP contribution is -2.61. The Hall–Kier alpha value is -0.710. The first-order valence-corrected chi connectivity index (χ1v) is 14.1. The van der Waals surface area contributed by atoms with Gasteiger partial charge in [0.1, 0.15) is 6.29 Å². The van der Waals surface area contributed by atoms with Crippen LogP contribution in [0.5, 0.6) is 0 Å². The number of hydrogen-bond donors (Lipinski definition) is 3. The average molecular weight is 473 g/mol. The van der Waals surface area contributed by atoms with Gasteiger partial charge in [0.25, 0.3) is 0 Å². The summed E-state index contributed by atoms with van der Waals surface area (Å²) >= 11 is 0. The number of aliphatic hydroxyl groups excluding tert-OH is 3. The maximum atomic E-state index is 13.0. The van der Waals surface area contributed by atoms with Crippen molar-refractivity contribution in [2.75, 3.05) is 0 Å². The molecule has 13 atom stereocenters. The molecule has 34 heavy (non-hydrogen) atoms. The van der Waals surface area contributed by atoms with E-state index in [1.165, 1.54) is 12.7 Å². The van der Waals surface area contributed by atoms with Crippen LogP contribution in [0.15, 0.2) is 11.6 Å². The van der Waals surface area contributed by atoms with Crippen LogP contribution in [0.25, 0.3) is 0 Å². The zero-order chi connectivity index (χ0) is 24.8. The summed E-state index contributed by atoms with van der Waals surface area (Å²) in [5, 5.41) is 33.1. The van der Waals surface area contributed by atoms with Gasteiger partial charge in [0.15, 0.2) is 0 Å². The molecule has 5 aliphatic rings. The van der Waals surface area contributed by atoms with Crippen molar-refractivity contribution < 1.29 is 20.1 Å². The number of rotatable bonds is 5. The van der Waals surface area contributed by atoms with Crippen LogP contribution in [0.2, 0.25) is 0 Å². The fraction of sp³-hybridized carbons (Fsp3) is 0.900. The molecule has 0 aromatic heterocycles. The van der Waals surface area contributed by atoms with Crippen molar-refractivity contribution in [2.24, 2.45) is 63.6 Å². The molecule has 192 valence electrons. The van der Waals surface area contributed by atoms with Crippen molar-refractivity contribution >= 4 is 6.29 Å². The summed E-state index contributed by atoms with van der Waals surface area (Å²) in [6.45, 7) is 14.0. The summed E-state index contributed by atoms with van der Waals surface area (Å²) in [4.78, 5) is 13.0. The minimum absolute atomic E-state index is 0.0331. The Balaban J connectivity index is 1.44. The molecule has 0 amide bonds. The normalized spacial score (nSPS) is 53.9. The number of carbonyl (C=O) groups is 1. The van der Waals surface area contributed by atoms with E-state index in [2.05, 4.69) is 47.6 Å². The molecule has 4 nitrogen and oxygen atoms in total. The standard InChI is InChI=1S/C30H48O4/c1-16(2)18(4)28(5)13-24(28)17(3)22-9-10-23-21-8-7-19-11-20(32)12-26(34)29(19,6)27(21)25(33)14-30(22,23)15-31/h7,15-18,20-27,32-34H,8-14H2,1-6H3/t17-,18+,20?,21-,22+,23-,24+,25?,26?,27+,28+,29+,30-/m0/s1. The summed E-state index contributed by atoms with van der Waals surface area (Å²) in [5.74, 6) is 3.32. The first-order chi connectivity index (χ1) is 15.9. The van der Waals surface area contributed by atoms with E-state index in [-0.39, 0.29) is 17.8 Å². The lowest BCUT2D eigenvalue weighted by molar-refractivity contribution is -0.167. The molecule has 3 N–H and O–H groups in total. The molecule has 4 heteroatoms. The van der Waals surface area contributed by atoms with Crippen LogP contribution in [0, 0.1) is 63.6 Å². The third kappa shape index (κ3) is 3.23. The zero-order valence-corrected chi connectivity index (χ0v) is 22.2. The lowest BCUT2D eigenvalue weighted by Gasteiger charge is -2.60. The molecule has 0 bridgehead atoms. The fourth-order valence-electron chi connectivity index (χ4n) is 10.3. The second-order valence-electron chi connectivity index (χ2n) is 14.0. The van der Waals surface area contributed by atoms with Gasteiger partial charge in [-0.2, -0.15) is 0 Å². The number of carbonyl (C=O) groups excluding carboxylic acids is 1. The van der Waals surface area contributed by atoms with E-state index in [0.29, 0.717) is 54.3 Å². The fourth-order valence-corrected chi connectivity index (χ4v) is 10.3. The van der Waals surface area contributed by atoms with E-state index in [1.54, 1.807) is 0 Å². The minimum atomic E-state index is -0.644. The quantitative estimate of drug-likeness (QED) is 0.389. The van der Waals surface area contributed by atoms with Gasteiger partial charge in [-0.3, -0.25) is 0 Å². The van der Waals surface area contributed by atoms with Crippen molar-refractivity contribution in [1.29, 1.82) is 0 Å². The van der Waals surface area contributed by atoms with E-state index in [0.717, 1.165) is 24.8 Å². The van der Waals surface area contributed by atoms with Gasteiger partial charge >= 0.3 is 0 Å². The molecule has 4 saturated carbocycles. The van der Waals surface area contributed by atoms with Crippen molar-refractivity contribution in [2.45, 2.75) is 105 Å². The Labute approximate surface area is 206 Å². The SMILES string of the molecule is CC(C)[C@@H](C)[C@@]1(C)C[C@@H]1[C@@H](C)[C@H]1CC[C@H]2[C@@H]3CC=C4CC(O)CC(O)[C@]4(C)[C@H]3C(O)C[C@]12C=O. The first kappa shape index (κ1) is 25.0. The monoisotopic (exact) mass is 472 g/mol. The Bertz CT molecular complexity index is 851. The number of aldehydes is 1. The first-order valence-electron chi connectivity index (χ1n) is 14.1. The van der Waals surface area contributed by atoms with Crippen LogP contribution in [-0.2, 0) is 4.79 Å². The van der Waals surface area contributed by atoms with Gasteiger partial charge in [-0.05, 0) is 91.3 Å². The van der Waals surface area contributed by atoms with E-state index >= 15 is 0 Å². The summed E-state index contributed by atoms with van der Waals surface area (Å²) in [6, 6.07) is 0. The Morgan fingerprint density at radius 1 is 1.03 bits per heavy atom. The summed E-state index contributed by atoms with van der Waals surface area (Å²) in [7, 11) is 0.